The quantitative estimate of drug-likeness (QED) is 0.658. The Kier molecular flexibility index (Phi) is 4.26. The Morgan fingerprint density at radius 2 is 2.12 bits per heavy atom. The standard InChI is InChI=1S/C11H16N2OS2/c15-8-5-13-2-1-10(9-11(13)16)12-3-6-14-7-4-12/h1-2,9,15H,3-8H2. The second-order valence-corrected chi connectivity index (χ2v) is 4.61. The average Bonchev–Trinajstić information content (AvgIpc) is 2.33. The van der Waals surface area contributed by atoms with Gasteiger partial charge in [-0.2, -0.15) is 12.6 Å². The molecule has 1 fully saturated rings. The molecule has 0 amide bonds. The Labute approximate surface area is 106 Å². The second-order valence-electron chi connectivity index (χ2n) is 3.74. The van der Waals surface area contributed by atoms with Gasteiger partial charge in [-0.1, -0.05) is 12.2 Å². The zero-order chi connectivity index (χ0) is 11.4. The van der Waals surface area contributed by atoms with E-state index < -0.39 is 0 Å². The van der Waals surface area contributed by atoms with Gasteiger partial charge in [0.15, 0.2) is 0 Å². The van der Waals surface area contributed by atoms with Crippen LogP contribution in [0.25, 0.3) is 0 Å². The number of rotatable bonds is 3. The minimum Gasteiger partial charge on any atom is -0.378 e. The number of aromatic nitrogens is 1. The molecule has 0 N–H and O–H groups in total. The van der Waals surface area contributed by atoms with Crippen molar-refractivity contribution >= 4 is 30.5 Å². The molecule has 0 spiro atoms. The molecule has 0 aliphatic carbocycles. The molecule has 0 saturated carbocycles. The Hall–Kier alpha value is -0.520. The van der Waals surface area contributed by atoms with Crippen molar-refractivity contribution in [3.8, 4) is 0 Å². The first-order valence-electron chi connectivity index (χ1n) is 5.45. The van der Waals surface area contributed by atoms with Gasteiger partial charge < -0.3 is 14.2 Å². The van der Waals surface area contributed by atoms with Crippen LogP contribution < -0.4 is 4.90 Å². The molecule has 1 aromatic heterocycles. The number of pyridine rings is 1. The third kappa shape index (κ3) is 2.78. The number of anilines is 1. The fourth-order valence-corrected chi connectivity index (χ4v) is 2.30. The summed E-state index contributed by atoms with van der Waals surface area (Å²) in [5.41, 5.74) is 1.20. The molecule has 0 unspecified atom stereocenters. The number of nitrogens with zero attached hydrogens (tertiary/aromatic N) is 2. The van der Waals surface area contributed by atoms with Gasteiger partial charge in [0.25, 0.3) is 0 Å². The highest BCUT2D eigenvalue weighted by atomic mass is 32.1. The Morgan fingerprint density at radius 3 is 2.75 bits per heavy atom. The maximum atomic E-state index is 5.35. The van der Waals surface area contributed by atoms with E-state index in [2.05, 4.69) is 29.7 Å². The summed E-state index contributed by atoms with van der Waals surface area (Å²) in [6.45, 7) is 4.37. The van der Waals surface area contributed by atoms with Crippen molar-refractivity contribution in [2.45, 2.75) is 6.54 Å². The van der Waals surface area contributed by atoms with Gasteiger partial charge in [0, 0.05) is 37.3 Å². The molecule has 1 aliphatic rings. The Bertz CT molecular complexity index is 399. The summed E-state index contributed by atoms with van der Waals surface area (Å²) >= 11 is 9.56. The minimum absolute atomic E-state index is 0.804. The lowest BCUT2D eigenvalue weighted by Gasteiger charge is -2.29. The van der Waals surface area contributed by atoms with Crippen LogP contribution in [-0.2, 0) is 11.3 Å². The fourth-order valence-electron chi connectivity index (χ4n) is 1.81. The summed E-state index contributed by atoms with van der Waals surface area (Å²) < 4.78 is 8.25. The smallest absolute Gasteiger partial charge is 0.107 e. The summed E-state index contributed by atoms with van der Waals surface area (Å²) in [4.78, 5) is 2.31. The lowest BCUT2D eigenvalue weighted by atomic mass is 10.3. The van der Waals surface area contributed by atoms with Crippen LogP contribution in [0.15, 0.2) is 18.3 Å². The summed E-state index contributed by atoms with van der Waals surface area (Å²) in [5.74, 6) is 0.811. The summed E-state index contributed by atoms with van der Waals surface area (Å²) in [6.07, 6.45) is 2.04. The number of hydrogen-bond acceptors (Lipinski definition) is 4. The molecule has 16 heavy (non-hydrogen) atoms. The first-order valence-corrected chi connectivity index (χ1v) is 6.49. The highest BCUT2D eigenvalue weighted by molar-refractivity contribution is 7.80. The molecule has 2 heterocycles. The molecular formula is C11H16N2OS2. The molecule has 0 bridgehead atoms. The van der Waals surface area contributed by atoms with Crippen LogP contribution in [0.3, 0.4) is 0 Å². The van der Waals surface area contributed by atoms with Gasteiger partial charge in [-0.15, -0.1) is 0 Å². The molecule has 3 nitrogen and oxygen atoms in total. The van der Waals surface area contributed by atoms with E-state index in [-0.39, 0.29) is 0 Å². The van der Waals surface area contributed by atoms with Gasteiger partial charge in [-0.3, -0.25) is 0 Å². The van der Waals surface area contributed by atoms with Crippen molar-refractivity contribution in [2.75, 3.05) is 37.0 Å². The number of hydrogen-bond donors (Lipinski definition) is 1. The van der Waals surface area contributed by atoms with Crippen molar-refractivity contribution in [1.82, 2.24) is 4.57 Å². The van der Waals surface area contributed by atoms with Crippen LogP contribution >= 0.6 is 24.8 Å². The van der Waals surface area contributed by atoms with Gasteiger partial charge in [0.1, 0.15) is 4.64 Å². The van der Waals surface area contributed by atoms with Crippen LogP contribution in [0.1, 0.15) is 0 Å². The topological polar surface area (TPSA) is 17.4 Å². The van der Waals surface area contributed by atoms with Crippen molar-refractivity contribution in [3.63, 3.8) is 0 Å². The summed E-state index contributed by atoms with van der Waals surface area (Å²) in [5, 5.41) is 0. The van der Waals surface area contributed by atoms with Gasteiger partial charge in [0.05, 0.1) is 13.2 Å². The lowest BCUT2D eigenvalue weighted by molar-refractivity contribution is 0.122. The van der Waals surface area contributed by atoms with Crippen LogP contribution in [-0.4, -0.2) is 36.6 Å². The van der Waals surface area contributed by atoms with Gasteiger partial charge in [0.2, 0.25) is 0 Å². The normalized spacial score (nSPS) is 16.4. The highest BCUT2D eigenvalue weighted by Gasteiger charge is 2.10. The molecule has 5 heteroatoms. The zero-order valence-electron chi connectivity index (χ0n) is 9.13. The Morgan fingerprint density at radius 1 is 1.38 bits per heavy atom. The van der Waals surface area contributed by atoms with Gasteiger partial charge in [-0.25, -0.2) is 0 Å². The molecule has 0 atom stereocenters. The fraction of sp³-hybridized carbons (Fsp3) is 0.545. The predicted molar refractivity (Wildman–Crippen MR) is 72.2 cm³/mol. The molecule has 88 valence electrons. The molecular weight excluding hydrogens is 240 g/mol. The first-order chi connectivity index (χ1) is 7.81. The van der Waals surface area contributed by atoms with Crippen molar-refractivity contribution in [2.24, 2.45) is 0 Å². The molecule has 0 aromatic carbocycles. The lowest BCUT2D eigenvalue weighted by Crippen LogP contribution is -2.36. The summed E-state index contributed by atoms with van der Waals surface area (Å²) in [6, 6.07) is 4.18. The molecule has 1 aromatic rings. The number of thiol groups is 1. The van der Waals surface area contributed by atoms with Crippen LogP contribution in [0.4, 0.5) is 5.69 Å². The average molecular weight is 256 g/mol. The molecule has 2 rings (SSSR count). The van der Waals surface area contributed by atoms with Crippen LogP contribution in [0.2, 0.25) is 0 Å². The van der Waals surface area contributed by atoms with E-state index in [1.165, 1.54) is 5.69 Å². The minimum atomic E-state index is 0.804. The van der Waals surface area contributed by atoms with Gasteiger partial charge >= 0.3 is 0 Å². The first kappa shape index (κ1) is 12.0. The SMILES string of the molecule is S=c1cc(N2CCOCC2)ccn1CCS. The monoisotopic (exact) mass is 256 g/mol. The van der Waals surface area contributed by atoms with E-state index in [9.17, 15) is 0 Å². The maximum Gasteiger partial charge on any atom is 0.107 e. The van der Waals surface area contributed by atoms with E-state index in [1.807, 2.05) is 10.8 Å². The Balaban J connectivity index is 2.16. The molecule has 0 radical (unpaired) electrons. The van der Waals surface area contributed by atoms with E-state index in [0.29, 0.717) is 0 Å². The van der Waals surface area contributed by atoms with Crippen LogP contribution in [0.5, 0.6) is 0 Å². The van der Waals surface area contributed by atoms with E-state index >= 15 is 0 Å². The third-order valence-corrected chi connectivity index (χ3v) is 3.25. The van der Waals surface area contributed by atoms with Gasteiger partial charge in [-0.05, 0) is 12.1 Å². The molecule has 1 aliphatic heterocycles. The second kappa shape index (κ2) is 5.70. The number of morpholine rings is 1. The van der Waals surface area contributed by atoms with Crippen molar-refractivity contribution < 1.29 is 4.74 Å². The maximum absolute atomic E-state index is 5.35. The predicted octanol–water partition coefficient (Wildman–Crippen LogP) is 1.98. The van der Waals surface area contributed by atoms with Crippen molar-refractivity contribution in [1.29, 1.82) is 0 Å². The summed E-state index contributed by atoms with van der Waals surface area (Å²) in [7, 11) is 0. The number of ether oxygens (including phenoxy) is 1. The van der Waals surface area contributed by atoms with E-state index in [0.717, 1.165) is 43.2 Å². The van der Waals surface area contributed by atoms with E-state index in [4.69, 9.17) is 17.0 Å². The zero-order valence-corrected chi connectivity index (χ0v) is 10.8. The highest BCUT2D eigenvalue weighted by Crippen LogP contribution is 2.15. The van der Waals surface area contributed by atoms with E-state index in [1.54, 1.807) is 0 Å². The van der Waals surface area contributed by atoms with Crippen molar-refractivity contribution in [3.05, 3.63) is 23.0 Å². The third-order valence-electron chi connectivity index (χ3n) is 2.70. The molecule has 1 saturated heterocycles. The largest absolute Gasteiger partial charge is 0.378 e. The van der Waals surface area contributed by atoms with Crippen LogP contribution in [0, 0.1) is 4.64 Å². The number of aryl methyl sites for hydroxylation is 1.